The molecule has 4 nitrogen and oxygen atoms in total. The van der Waals surface area contributed by atoms with E-state index in [1.165, 1.54) is 0 Å². The van der Waals surface area contributed by atoms with E-state index < -0.39 is 9.84 Å². The van der Waals surface area contributed by atoms with Crippen molar-refractivity contribution in [2.75, 3.05) is 5.75 Å². The molecular formula is C15H19BrClNO3S. The van der Waals surface area contributed by atoms with Crippen molar-refractivity contribution in [3.8, 4) is 0 Å². The summed E-state index contributed by atoms with van der Waals surface area (Å²) in [6.07, 6.45) is 3.42. The molecule has 1 aromatic rings. The Bertz CT molecular complexity index is 642. The molecule has 0 spiro atoms. The van der Waals surface area contributed by atoms with E-state index >= 15 is 0 Å². The van der Waals surface area contributed by atoms with Gasteiger partial charge in [-0.1, -0.05) is 46.4 Å². The Hall–Kier alpha value is -0.590. The van der Waals surface area contributed by atoms with Gasteiger partial charge in [0.1, 0.15) is 0 Å². The fraction of sp³-hybridized carbons (Fsp3) is 0.533. The largest absolute Gasteiger partial charge is 0.352 e. The summed E-state index contributed by atoms with van der Waals surface area (Å²) in [5.41, 5.74) is 0.803. The van der Waals surface area contributed by atoms with Crippen LogP contribution in [-0.2, 0) is 21.2 Å². The van der Waals surface area contributed by atoms with Gasteiger partial charge in [0.25, 0.3) is 0 Å². The number of carbonyl (C=O) groups is 1. The van der Waals surface area contributed by atoms with Crippen LogP contribution in [0.1, 0.15) is 37.7 Å². The number of hydrogen-bond donors (Lipinski definition) is 1. The lowest BCUT2D eigenvalue weighted by atomic mass is 10.2. The van der Waals surface area contributed by atoms with Crippen LogP contribution >= 0.6 is 27.5 Å². The van der Waals surface area contributed by atoms with Crippen LogP contribution in [0.4, 0.5) is 0 Å². The van der Waals surface area contributed by atoms with Gasteiger partial charge < -0.3 is 5.32 Å². The van der Waals surface area contributed by atoms with Crippen molar-refractivity contribution in [1.29, 1.82) is 0 Å². The summed E-state index contributed by atoms with van der Waals surface area (Å²) in [5, 5.41) is 3.03. The first-order valence-corrected chi connectivity index (χ1v) is 10.2. The summed E-state index contributed by atoms with van der Waals surface area (Å²) < 4.78 is 25.1. The molecule has 0 aromatic heterocycles. The Morgan fingerprint density at radius 3 is 2.64 bits per heavy atom. The van der Waals surface area contributed by atoms with Crippen molar-refractivity contribution in [3.05, 3.63) is 33.3 Å². The Balaban J connectivity index is 1.80. The number of halogens is 2. The van der Waals surface area contributed by atoms with E-state index in [2.05, 4.69) is 21.2 Å². The summed E-state index contributed by atoms with van der Waals surface area (Å²) >= 11 is 9.39. The molecule has 1 aromatic carbocycles. The van der Waals surface area contributed by atoms with Gasteiger partial charge in [-0.25, -0.2) is 8.42 Å². The lowest BCUT2D eigenvalue weighted by Crippen LogP contribution is -2.28. The predicted octanol–water partition coefficient (Wildman–Crippen LogP) is 3.47. The van der Waals surface area contributed by atoms with Crippen LogP contribution in [0, 0.1) is 0 Å². The highest BCUT2D eigenvalue weighted by Gasteiger charge is 2.28. The third-order valence-electron chi connectivity index (χ3n) is 3.91. The summed E-state index contributed by atoms with van der Waals surface area (Å²) in [5.74, 6) is -0.335. The van der Waals surface area contributed by atoms with Crippen molar-refractivity contribution in [3.63, 3.8) is 0 Å². The molecule has 0 saturated heterocycles. The fourth-order valence-corrected chi connectivity index (χ4v) is 5.19. The molecule has 1 fully saturated rings. The van der Waals surface area contributed by atoms with E-state index in [9.17, 15) is 13.2 Å². The number of sulfone groups is 1. The SMILES string of the molecule is O=C(CCS(=O)(=O)C1CCCC1)NCc1ccc(Br)cc1Cl. The highest BCUT2D eigenvalue weighted by Crippen LogP contribution is 2.25. The number of hydrogen-bond acceptors (Lipinski definition) is 3. The molecule has 0 atom stereocenters. The summed E-state index contributed by atoms with van der Waals surface area (Å²) in [7, 11) is -3.14. The first-order chi connectivity index (χ1) is 10.4. The number of benzene rings is 1. The zero-order valence-electron chi connectivity index (χ0n) is 12.1. The molecular weight excluding hydrogens is 390 g/mol. The fourth-order valence-electron chi connectivity index (χ4n) is 2.60. The van der Waals surface area contributed by atoms with Crippen LogP contribution in [-0.4, -0.2) is 25.3 Å². The molecule has 0 bridgehead atoms. The topological polar surface area (TPSA) is 63.2 Å². The smallest absolute Gasteiger partial charge is 0.221 e. The zero-order valence-corrected chi connectivity index (χ0v) is 15.3. The molecule has 1 aliphatic carbocycles. The average Bonchev–Trinajstić information content (AvgIpc) is 2.99. The van der Waals surface area contributed by atoms with E-state index in [0.29, 0.717) is 11.6 Å². The van der Waals surface area contributed by atoms with Gasteiger partial charge in [0, 0.05) is 22.5 Å². The Labute approximate surface area is 144 Å². The van der Waals surface area contributed by atoms with Gasteiger partial charge in [-0.3, -0.25) is 4.79 Å². The molecule has 0 heterocycles. The second-order valence-corrected chi connectivity index (χ2v) is 9.26. The molecule has 0 radical (unpaired) electrons. The summed E-state index contributed by atoms with van der Waals surface area (Å²) in [6, 6.07) is 5.42. The molecule has 1 saturated carbocycles. The number of nitrogens with one attached hydrogen (secondary N) is 1. The molecule has 0 aliphatic heterocycles. The van der Waals surface area contributed by atoms with Gasteiger partial charge >= 0.3 is 0 Å². The normalized spacial score (nSPS) is 15.9. The maximum absolute atomic E-state index is 12.1. The minimum atomic E-state index is -3.14. The van der Waals surface area contributed by atoms with Crippen molar-refractivity contribution in [1.82, 2.24) is 5.32 Å². The first-order valence-electron chi connectivity index (χ1n) is 7.30. The van der Waals surface area contributed by atoms with Crippen LogP contribution < -0.4 is 5.32 Å². The molecule has 0 unspecified atom stereocenters. The van der Waals surface area contributed by atoms with E-state index in [-0.39, 0.29) is 23.3 Å². The summed E-state index contributed by atoms with van der Waals surface area (Å²) in [4.78, 5) is 11.8. The second kappa shape index (κ2) is 7.79. The van der Waals surface area contributed by atoms with Gasteiger partial charge in [-0.2, -0.15) is 0 Å². The maximum Gasteiger partial charge on any atom is 0.221 e. The van der Waals surface area contributed by atoms with Crippen molar-refractivity contribution in [2.45, 2.75) is 43.9 Å². The quantitative estimate of drug-likeness (QED) is 0.784. The zero-order chi connectivity index (χ0) is 16.2. The second-order valence-electron chi connectivity index (χ2n) is 5.54. The lowest BCUT2D eigenvalue weighted by Gasteiger charge is -2.11. The predicted molar refractivity (Wildman–Crippen MR) is 91.7 cm³/mol. The van der Waals surface area contributed by atoms with Gasteiger partial charge in [-0.15, -0.1) is 0 Å². The van der Waals surface area contributed by atoms with Gasteiger partial charge in [0.2, 0.25) is 5.91 Å². The minimum Gasteiger partial charge on any atom is -0.352 e. The lowest BCUT2D eigenvalue weighted by molar-refractivity contribution is -0.120. The van der Waals surface area contributed by atoms with Crippen LogP contribution in [0.5, 0.6) is 0 Å². The third kappa shape index (κ3) is 4.96. The summed E-state index contributed by atoms with van der Waals surface area (Å²) in [6.45, 7) is 0.300. The van der Waals surface area contributed by atoms with Crippen molar-refractivity contribution < 1.29 is 13.2 Å². The molecule has 1 amide bonds. The molecule has 122 valence electrons. The van der Waals surface area contributed by atoms with Gasteiger partial charge in [-0.05, 0) is 30.5 Å². The highest BCUT2D eigenvalue weighted by molar-refractivity contribution is 9.10. The molecule has 22 heavy (non-hydrogen) atoms. The molecule has 7 heteroatoms. The average molecular weight is 409 g/mol. The van der Waals surface area contributed by atoms with Crippen LogP contribution in [0.3, 0.4) is 0 Å². The van der Waals surface area contributed by atoms with E-state index in [4.69, 9.17) is 11.6 Å². The third-order valence-corrected chi connectivity index (χ3v) is 7.02. The highest BCUT2D eigenvalue weighted by atomic mass is 79.9. The number of amides is 1. The van der Waals surface area contributed by atoms with E-state index in [1.807, 2.05) is 12.1 Å². The Morgan fingerprint density at radius 2 is 2.00 bits per heavy atom. The van der Waals surface area contributed by atoms with Gasteiger partial charge in [0.15, 0.2) is 9.84 Å². The number of rotatable bonds is 6. The minimum absolute atomic E-state index is 0.00692. The Kier molecular flexibility index (Phi) is 6.29. The standard InChI is InChI=1S/C15H19BrClNO3S/c16-12-6-5-11(14(17)9-12)10-18-15(19)7-8-22(20,21)13-3-1-2-4-13/h5-6,9,13H,1-4,7-8,10H2,(H,18,19). The van der Waals surface area contributed by atoms with Crippen molar-refractivity contribution >= 4 is 43.3 Å². The Morgan fingerprint density at radius 1 is 1.32 bits per heavy atom. The van der Waals surface area contributed by atoms with E-state index in [1.54, 1.807) is 6.07 Å². The molecule has 1 N–H and O–H groups in total. The number of carbonyl (C=O) groups excluding carboxylic acids is 1. The molecule has 1 aliphatic rings. The van der Waals surface area contributed by atoms with E-state index in [0.717, 1.165) is 35.7 Å². The molecule has 2 rings (SSSR count). The van der Waals surface area contributed by atoms with Crippen LogP contribution in [0.25, 0.3) is 0 Å². The maximum atomic E-state index is 12.1. The van der Waals surface area contributed by atoms with Crippen molar-refractivity contribution in [2.24, 2.45) is 0 Å². The first kappa shape index (κ1) is 17.8. The monoisotopic (exact) mass is 407 g/mol. The van der Waals surface area contributed by atoms with Crippen LogP contribution in [0.15, 0.2) is 22.7 Å². The van der Waals surface area contributed by atoms with Gasteiger partial charge in [0.05, 0.1) is 11.0 Å². The van der Waals surface area contributed by atoms with Crippen LogP contribution in [0.2, 0.25) is 5.02 Å².